The van der Waals surface area contributed by atoms with Crippen LogP contribution in [0.1, 0.15) is 13.3 Å². The summed E-state index contributed by atoms with van der Waals surface area (Å²) in [4.78, 5) is 27.5. The van der Waals surface area contributed by atoms with Gasteiger partial charge in [0, 0.05) is 31.8 Å². The Balaban J connectivity index is 1.74. The van der Waals surface area contributed by atoms with Gasteiger partial charge < -0.3 is 19.3 Å². The fourth-order valence-electron chi connectivity index (χ4n) is 3.12. The minimum atomic E-state index is -3.09. The van der Waals surface area contributed by atoms with E-state index in [-0.39, 0.29) is 35.9 Å². The summed E-state index contributed by atoms with van der Waals surface area (Å²) in [7, 11) is -1.51. The predicted molar refractivity (Wildman–Crippen MR) is 95.3 cm³/mol. The second kappa shape index (κ2) is 7.14. The number of carbonyl (C=O) groups is 2. The van der Waals surface area contributed by atoms with Gasteiger partial charge in [0.25, 0.3) is 0 Å². The third kappa shape index (κ3) is 3.92. The molecule has 1 saturated heterocycles. The fraction of sp³-hybridized carbons (Fsp3) is 0.529. The highest BCUT2D eigenvalue weighted by molar-refractivity contribution is 7.91. The van der Waals surface area contributed by atoms with Crippen LogP contribution < -0.4 is 14.4 Å². The molecule has 2 heterocycles. The van der Waals surface area contributed by atoms with Gasteiger partial charge in [0.15, 0.2) is 21.3 Å². The zero-order valence-corrected chi connectivity index (χ0v) is 15.6. The number of rotatable bonds is 4. The van der Waals surface area contributed by atoms with Gasteiger partial charge >= 0.3 is 0 Å². The Labute approximate surface area is 152 Å². The van der Waals surface area contributed by atoms with Gasteiger partial charge in [-0.15, -0.1) is 0 Å². The minimum Gasteiger partial charge on any atom is -0.486 e. The first-order valence-electron chi connectivity index (χ1n) is 8.41. The van der Waals surface area contributed by atoms with Gasteiger partial charge in [-0.2, -0.15) is 0 Å². The van der Waals surface area contributed by atoms with Crippen molar-refractivity contribution in [2.45, 2.75) is 19.4 Å². The highest BCUT2D eigenvalue weighted by Gasteiger charge is 2.33. The van der Waals surface area contributed by atoms with Crippen LogP contribution in [0, 0.1) is 0 Å². The number of anilines is 1. The molecule has 0 aromatic heterocycles. The van der Waals surface area contributed by atoms with Crippen LogP contribution in [0.4, 0.5) is 5.69 Å². The van der Waals surface area contributed by atoms with Crippen LogP contribution in [-0.4, -0.2) is 69.5 Å². The van der Waals surface area contributed by atoms with Crippen molar-refractivity contribution in [2.75, 3.05) is 43.2 Å². The Morgan fingerprint density at radius 1 is 1.19 bits per heavy atom. The first-order chi connectivity index (χ1) is 12.3. The molecule has 1 fully saturated rings. The number of carbonyl (C=O) groups excluding carboxylic acids is 2. The normalized spacial score (nSPS) is 20.5. The van der Waals surface area contributed by atoms with Gasteiger partial charge in [0.05, 0.1) is 11.5 Å². The van der Waals surface area contributed by atoms with E-state index in [4.69, 9.17) is 9.47 Å². The number of amides is 2. The molecule has 0 aliphatic carbocycles. The molecule has 142 valence electrons. The maximum Gasteiger partial charge on any atom is 0.242 e. The molecule has 0 saturated carbocycles. The molecule has 1 aromatic carbocycles. The lowest BCUT2D eigenvalue weighted by molar-refractivity contribution is -0.131. The molecule has 0 bridgehead atoms. The monoisotopic (exact) mass is 382 g/mol. The Hall–Kier alpha value is -2.29. The van der Waals surface area contributed by atoms with Crippen molar-refractivity contribution in [3.8, 4) is 11.5 Å². The van der Waals surface area contributed by atoms with Gasteiger partial charge in [-0.1, -0.05) is 0 Å². The van der Waals surface area contributed by atoms with Crippen LogP contribution in [0.25, 0.3) is 0 Å². The number of likely N-dealkylation sites (N-methyl/N-ethyl adjacent to an activating group) is 1. The van der Waals surface area contributed by atoms with E-state index in [2.05, 4.69) is 0 Å². The maximum atomic E-state index is 12.6. The number of fused-ring (bicyclic) bond motifs is 1. The van der Waals surface area contributed by atoms with Gasteiger partial charge in [-0.05, 0) is 18.6 Å². The van der Waals surface area contributed by atoms with Crippen LogP contribution in [-0.2, 0) is 19.4 Å². The molecule has 1 aromatic rings. The summed E-state index contributed by atoms with van der Waals surface area (Å²) >= 11 is 0. The molecule has 0 N–H and O–H groups in total. The Kier molecular flexibility index (Phi) is 5.08. The van der Waals surface area contributed by atoms with Crippen LogP contribution >= 0.6 is 0 Å². The van der Waals surface area contributed by atoms with Gasteiger partial charge in [0.2, 0.25) is 11.8 Å². The van der Waals surface area contributed by atoms with Crippen LogP contribution in [0.5, 0.6) is 11.5 Å². The second-order valence-corrected chi connectivity index (χ2v) is 8.72. The number of hydrogen-bond donors (Lipinski definition) is 0. The molecule has 1 unspecified atom stereocenters. The summed E-state index contributed by atoms with van der Waals surface area (Å²) in [6, 6.07) is 4.73. The fourth-order valence-corrected chi connectivity index (χ4v) is 4.89. The topological polar surface area (TPSA) is 93.2 Å². The third-order valence-electron chi connectivity index (χ3n) is 4.66. The highest BCUT2D eigenvalue weighted by atomic mass is 32.2. The van der Waals surface area contributed by atoms with Gasteiger partial charge in [0.1, 0.15) is 19.8 Å². The average Bonchev–Trinajstić information content (AvgIpc) is 2.98. The van der Waals surface area contributed by atoms with E-state index in [1.807, 2.05) is 0 Å². The summed E-state index contributed by atoms with van der Waals surface area (Å²) < 4.78 is 34.2. The van der Waals surface area contributed by atoms with Crippen molar-refractivity contribution in [3.63, 3.8) is 0 Å². The lowest BCUT2D eigenvalue weighted by Gasteiger charge is -2.28. The van der Waals surface area contributed by atoms with E-state index in [1.165, 1.54) is 16.7 Å². The van der Waals surface area contributed by atoms with E-state index >= 15 is 0 Å². The van der Waals surface area contributed by atoms with E-state index in [9.17, 15) is 18.0 Å². The summed E-state index contributed by atoms with van der Waals surface area (Å²) in [5.74, 6) is 0.596. The average molecular weight is 382 g/mol. The summed E-state index contributed by atoms with van der Waals surface area (Å²) in [6.45, 7) is 2.11. The van der Waals surface area contributed by atoms with Crippen molar-refractivity contribution in [3.05, 3.63) is 18.2 Å². The predicted octanol–water partition coefficient (Wildman–Crippen LogP) is 0.456. The Morgan fingerprint density at radius 3 is 2.50 bits per heavy atom. The van der Waals surface area contributed by atoms with Crippen molar-refractivity contribution in [2.24, 2.45) is 0 Å². The quantitative estimate of drug-likeness (QED) is 0.751. The molecule has 9 heteroatoms. The van der Waals surface area contributed by atoms with Crippen molar-refractivity contribution >= 4 is 27.3 Å². The highest BCUT2D eigenvalue weighted by Crippen LogP contribution is 2.34. The molecular weight excluding hydrogens is 360 g/mol. The largest absolute Gasteiger partial charge is 0.486 e. The third-order valence-corrected chi connectivity index (χ3v) is 6.41. The summed E-state index contributed by atoms with van der Waals surface area (Å²) in [6.07, 6.45) is 0.425. The zero-order chi connectivity index (χ0) is 18.9. The van der Waals surface area contributed by atoms with Crippen LogP contribution in [0.3, 0.4) is 0 Å². The maximum absolute atomic E-state index is 12.6. The van der Waals surface area contributed by atoms with E-state index in [0.29, 0.717) is 36.8 Å². The van der Waals surface area contributed by atoms with Crippen LogP contribution in [0.15, 0.2) is 18.2 Å². The Morgan fingerprint density at radius 2 is 1.88 bits per heavy atom. The minimum absolute atomic E-state index is 0.0284. The molecule has 1 atom stereocenters. The summed E-state index contributed by atoms with van der Waals surface area (Å²) in [5, 5.41) is 0. The SMILES string of the molecule is CC(=O)N(CC(=O)N(C)C1CCS(=O)(=O)C1)c1ccc2c(c1)OCCO2. The van der Waals surface area contributed by atoms with Gasteiger partial charge in [-0.3, -0.25) is 9.59 Å². The molecule has 2 aliphatic rings. The molecule has 3 rings (SSSR count). The first-order valence-corrected chi connectivity index (χ1v) is 10.2. The number of ether oxygens (including phenoxy) is 2. The molecular formula is C17H22N2O6S. The molecule has 2 aliphatic heterocycles. The molecule has 2 amide bonds. The van der Waals surface area contributed by atoms with E-state index < -0.39 is 9.84 Å². The first kappa shape index (κ1) is 18.5. The number of hydrogen-bond acceptors (Lipinski definition) is 6. The number of benzene rings is 1. The zero-order valence-electron chi connectivity index (χ0n) is 14.8. The van der Waals surface area contributed by atoms with Gasteiger partial charge in [-0.25, -0.2) is 8.42 Å². The number of sulfone groups is 1. The standard InChI is InChI=1S/C17H22N2O6S/c1-12(20)19(13-3-4-15-16(9-13)25-7-6-24-15)10-17(21)18(2)14-5-8-26(22,23)11-14/h3-4,9,14H,5-8,10-11H2,1-2H3. The lowest BCUT2D eigenvalue weighted by atomic mass is 10.2. The van der Waals surface area contributed by atoms with E-state index in [1.54, 1.807) is 25.2 Å². The van der Waals surface area contributed by atoms with Crippen molar-refractivity contribution in [1.29, 1.82) is 0 Å². The van der Waals surface area contributed by atoms with Crippen LogP contribution in [0.2, 0.25) is 0 Å². The van der Waals surface area contributed by atoms with Crippen molar-refractivity contribution in [1.82, 2.24) is 4.90 Å². The molecule has 0 radical (unpaired) electrons. The molecule has 8 nitrogen and oxygen atoms in total. The Bertz CT molecular complexity index is 823. The number of nitrogens with zero attached hydrogens (tertiary/aromatic N) is 2. The molecule has 26 heavy (non-hydrogen) atoms. The summed E-state index contributed by atoms with van der Waals surface area (Å²) in [5.41, 5.74) is 0.530. The van der Waals surface area contributed by atoms with E-state index in [0.717, 1.165) is 0 Å². The molecule has 0 spiro atoms. The van der Waals surface area contributed by atoms with Crippen molar-refractivity contribution < 1.29 is 27.5 Å². The lowest BCUT2D eigenvalue weighted by Crippen LogP contribution is -2.45. The second-order valence-electron chi connectivity index (χ2n) is 6.49. The smallest absolute Gasteiger partial charge is 0.242 e.